The van der Waals surface area contributed by atoms with E-state index in [1.54, 1.807) is 7.05 Å². The van der Waals surface area contributed by atoms with E-state index in [0.29, 0.717) is 6.54 Å². The van der Waals surface area contributed by atoms with Gasteiger partial charge in [-0.2, -0.15) is 0 Å². The van der Waals surface area contributed by atoms with Crippen LogP contribution in [0.25, 0.3) is 0 Å². The number of nitrogens with zero attached hydrogens (tertiary/aromatic N) is 4. The van der Waals surface area contributed by atoms with Crippen molar-refractivity contribution < 1.29 is 8.42 Å². The van der Waals surface area contributed by atoms with E-state index >= 15 is 0 Å². The predicted octanol–water partition coefficient (Wildman–Crippen LogP) is 0.340. The van der Waals surface area contributed by atoms with Crippen molar-refractivity contribution in [1.82, 2.24) is 24.6 Å². The maximum atomic E-state index is 12.2. The highest BCUT2D eigenvalue weighted by molar-refractivity contribution is 9.10. The molecule has 1 aromatic heterocycles. The molecule has 1 aliphatic rings. The van der Waals surface area contributed by atoms with Crippen molar-refractivity contribution in [3.63, 3.8) is 0 Å². The Morgan fingerprint density at radius 2 is 2.05 bits per heavy atom. The summed E-state index contributed by atoms with van der Waals surface area (Å²) in [6.07, 6.45) is 2.38. The number of nitrogens with one attached hydrogen (secondary N) is 1. The molecule has 0 bridgehead atoms. The monoisotopic (exact) mass is 351 g/mol. The molecule has 1 aromatic rings. The Kier molecular flexibility index (Phi) is 4.59. The van der Waals surface area contributed by atoms with Crippen LogP contribution in [-0.4, -0.2) is 54.0 Å². The summed E-state index contributed by atoms with van der Waals surface area (Å²) in [5.41, 5.74) is 0. The molecule has 2 heterocycles. The van der Waals surface area contributed by atoms with Gasteiger partial charge >= 0.3 is 0 Å². The first-order chi connectivity index (χ1) is 8.92. The lowest BCUT2D eigenvalue weighted by atomic mass is 10.3. The Balaban J connectivity index is 2.02. The summed E-state index contributed by atoms with van der Waals surface area (Å²) in [6.45, 7) is 4.50. The SMILES string of the molecule is CC(CNS(=O)(=O)c1c(Br)nnn1C)N1CCCC1. The van der Waals surface area contributed by atoms with Crippen LogP contribution in [0.4, 0.5) is 0 Å². The fourth-order valence-corrected chi connectivity index (χ4v) is 4.43. The summed E-state index contributed by atoms with van der Waals surface area (Å²) in [4.78, 5) is 2.29. The molecule has 0 aliphatic carbocycles. The molecule has 0 radical (unpaired) electrons. The summed E-state index contributed by atoms with van der Waals surface area (Å²) in [6, 6.07) is 0.192. The van der Waals surface area contributed by atoms with Crippen LogP contribution < -0.4 is 4.72 Å². The maximum absolute atomic E-state index is 12.2. The standard InChI is InChI=1S/C10H18BrN5O2S/c1-8(16-5-3-4-6-16)7-12-19(17,18)10-9(11)13-14-15(10)2/h8,12H,3-7H2,1-2H3. The van der Waals surface area contributed by atoms with Gasteiger partial charge in [0.2, 0.25) is 5.03 Å². The second kappa shape index (κ2) is 5.86. The molecular formula is C10H18BrN5O2S. The highest BCUT2D eigenvalue weighted by Gasteiger charge is 2.25. The van der Waals surface area contributed by atoms with Gasteiger partial charge < -0.3 is 0 Å². The summed E-state index contributed by atoms with van der Waals surface area (Å²) in [5.74, 6) is 0. The zero-order valence-electron chi connectivity index (χ0n) is 11.0. The molecule has 1 atom stereocenters. The minimum absolute atomic E-state index is 0.0566. The fourth-order valence-electron chi connectivity index (χ4n) is 2.22. The Morgan fingerprint density at radius 1 is 1.42 bits per heavy atom. The van der Waals surface area contributed by atoms with Crippen molar-refractivity contribution in [3.05, 3.63) is 4.60 Å². The van der Waals surface area contributed by atoms with E-state index in [1.165, 1.54) is 17.5 Å². The average Bonchev–Trinajstić information content (AvgIpc) is 2.96. The van der Waals surface area contributed by atoms with E-state index in [4.69, 9.17) is 0 Å². The largest absolute Gasteiger partial charge is 0.299 e. The van der Waals surface area contributed by atoms with Crippen molar-refractivity contribution in [1.29, 1.82) is 0 Å². The van der Waals surface area contributed by atoms with Gasteiger partial charge in [-0.05, 0) is 48.8 Å². The molecule has 19 heavy (non-hydrogen) atoms. The lowest BCUT2D eigenvalue weighted by molar-refractivity contribution is 0.259. The van der Waals surface area contributed by atoms with Crippen LogP contribution in [-0.2, 0) is 17.1 Å². The second-order valence-corrected chi connectivity index (χ2v) is 7.19. The smallest absolute Gasteiger partial charge is 0.260 e. The Bertz CT molecular complexity index is 519. The van der Waals surface area contributed by atoms with Crippen molar-refractivity contribution in [2.45, 2.75) is 30.8 Å². The van der Waals surface area contributed by atoms with Crippen LogP contribution in [0.5, 0.6) is 0 Å². The molecule has 2 rings (SSSR count). The van der Waals surface area contributed by atoms with Gasteiger partial charge in [0.1, 0.15) is 0 Å². The zero-order chi connectivity index (χ0) is 14.0. The minimum atomic E-state index is -3.59. The van der Waals surface area contributed by atoms with Crippen molar-refractivity contribution >= 4 is 26.0 Å². The van der Waals surface area contributed by atoms with Crippen molar-refractivity contribution in [3.8, 4) is 0 Å². The number of hydrogen-bond donors (Lipinski definition) is 1. The van der Waals surface area contributed by atoms with E-state index < -0.39 is 10.0 Å². The summed E-state index contributed by atoms with van der Waals surface area (Å²) in [5, 5.41) is 7.42. The Hall–Kier alpha value is -0.510. The number of rotatable bonds is 5. The molecule has 7 nitrogen and oxygen atoms in total. The zero-order valence-corrected chi connectivity index (χ0v) is 13.4. The maximum Gasteiger partial charge on any atom is 0.260 e. The molecular weight excluding hydrogens is 334 g/mol. The number of sulfonamides is 1. The number of aromatic nitrogens is 3. The molecule has 0 spiro atoms. The molecule has 0 saturated carbocycles. The third-order valence-corrected chi connectivity index (χ3v) is 5.63. The highest BCUT2D eigenvalue weighted by Crippen LogP contribution is 2.18. The van der Waals surface area contributed by atoms with Crippen molar-refractivity contribution in [2.24, 2.45) is 7.05 Å². The first kappa shape index (κ1) is 14.9. The second-order valence-electron chi connectivity index (χ2n) is 4.75. The van der Waals surface area contributed by atoms with Crippen LogP contribution in [0.2, 0.25) is 0 Å². The van der Waals surface area contributed by atoms with Gasteiger partial charge in [0.15, 0.2) is 4.60 Å². The van der Waals surface area contributed by atoms with E-state index in [2.05, 4.69) is 35.9 Å². The van der Waals surface area contributed by atoms with Gasteiger partial charge in [0.05, 0.1) is 0 Å². The topological polar surface area (TPSA) is 80.1 Å². The molecule has 108 valence electrons. The third kappa shape index (κ3) is 3.33. The van der Waals surface area contributed by atoms with Crippen LogP contribution in [0.15, 0.2) is 9.63 Å². The minimum Gasteiger partial charge on any atom is -0.299 e. The molecule has 0 aromatic carbocycles. The first-order valence-electron chi connectivity index (χ1n) is 6.20. The van der Waals surface area contributed by atoms with E-state index in [-0.39, 0.29) is 15.7 Å². The van der Waals surface area contributed by atoms with Gasteiger partial charge in [0.25, 0.3) is 10.0 Å². The van der Waals surface area contributed by atoms with Crippen LogP contribution in [0.3, 0.4) is 0 Å². The van der Waals surface area contributed by atoms with Gasteiger partial charge in [-0.25, -0.2) is 17.8 Å². The van der Waals surface area contributed by atoms with Crippen LogP contribution in [0.1, 0.15) is 19.8 Å². The predicted molar refractivity (Wildman–Crippen MR) is 74.2 cm³/mol. The van der Waals surface area contributed by atoms with Crippen molar-refractivity contribution in [2.75, 3.05) is 19.6 Å². The van der Waals surface area contributed by atoms with Crippen LogP contribution >= 0.6 is 15.9 Å². The third-order valence-electron chi connectivity index (χ3n) is 3.32. The number of halogens is 1. The number of aryl methyl sites for hydroxylation is 1. The molecule has 1 N–H and O–H groups in total. The highest BCUT2D eigenvalue weighted by atomic mass is 79.9. The molecule has 9 heteroatoms. The Labute approximate surface area is 121 Å². The van der Waals surface area contributed by atoms with E-state index in [9.17, 15) is 8.42 Å². The number of hydrogen-bond acceptors (Lipinski definition) is 5. The van der Waals surface area contributed by atoms with E-state index in [1.807, 2.05) is 6.92 Å². The summed E-state index contributed by atoms with van der Waals surface area (Å²) < 4.78 is 28.5. The molecule has 1 aliphatic heterocycles. The summed E-state index contributed by atoms with van der Waals surface area (Å²) in [7, 11) is -2.04. The lowest BCUT2D eigenvalue weighted by Gasteiger charge is -2.23. The van der Waals surface area contributed by atoms with Gasteiger partial charge in [-0.3, -0.25) is 4.90 Å². The molecule has 1 unspecified atom stereocenters. The Morgan fingerprint density at radius 3 is 2.58 bits per heavy atom. The van der Waals surface area contributed by atoms with Gasteiger partial charge in [-0.1, -0.05) is 5.21 Å². The van der Waals surface area contributed by atoms with E-state index in [0.717, 1.165) is 13.1 Å². The molecule has 1 saturated heterocycles. The molecule has 1 fully saturated rings. The quantitative estimate of drug-likeness (QED) is 0.827. The van der Waals surface area contributed by atoms with Crippen LogP contribution in [0, 0.1) is 0 Å². The lowest BCUT2D eigenvalue weighted by Crippen LogP contribution is -2.41. The number of likely N-dealkylation sites (tertiary alicyclic amines) is 1. The molecule has 0 amide bonds. The average molecular weight is 352 g/mol. The normalized spacial score (nSPS) is 18.9. The summed E-state index contributed by atoms with van der Waals surface area (Å²) >= 11 is 3.10. The fraction of sp³-hybridized carbons (Fsp3) is 0.800. The van der Waals surface area contributed by atoms with Gasteiger partial charge in [0, 0.05) is 19.6 Å². The first-order valence-corrected chi connectivity index (χ1v) is 8.48. The van der Waals surface area contributed by atoms with Gasteiger partial charge in [-0.15, -0.1) is 5.10 Å².